The molecular formula is C28H29ClN2O4S2. The average Bonchev–Trinajstić information content (AvgIpc) is 3.44. The highest BCUT2D eigenvalue weighted by Gasteiger charge is 2.18. The highest BCUT2D eigenvalue weighted by Crippen LogP contribution is 2.45. The number of carbonyl (C=O) groups excluding carboxylic acids is 1. The van der Waals surface area contributed by atoms with Crippen LogP contribution in [0, 0.1) is 6.92 Å². The number of nitrogens with one attached hydrogen (secondary N) is 1. The molecule has 3 aromatic carbocycles. The zero-order valence-electron chi connectivity index (χ0n) is 20.7. The topological polar surface area (TPSA) is 69.2 Å². The molecule has 0 aliphatic carbocycles. The predicted molar refractivity (Wildman–Crippen MR) is 153 cm³/mol. The molecular weight excluding hydrogens is 528 g/mol. The van der Waals surface area contributed by atoms with Gasteiger partial charge in [0, 0.05) is 11.5 Å². The number of aryl methyl sites for hydroxylation is 1. The first-order chi connectivity index (χ1) is 18.0. The van der Waals surface area contributed by atoms with Gasteiger partial charge < -0.3 is 14.2 Å². The monoisotopic (exact) mass is 556 g/mol. The normalized spacial score (nSPS) is 13.6. The lowest BCUT2D eigenvalue weighted by Crippen LogP contribution is -2.24. The summed E-state index contributed by atoms with van der Waals surface area (Å²) < 4.78 is 17.8. The molecule has 1 aliphatic rings. The molecule has 4 rings (SSSR count). The Morgan fingerprint density at radius 1 is 1.05 bits per heavy atom. The van der Waals surface area contributed by atoms with Gasteiger partial charge in [-0.25, -0.2) is 5.43 Å². The molecule has 9 heteroatoms. The Morgan fingerprint density at radius 3 is 2.49 bits per heavy atom. The summed E-state index contributed by atoms with van der Waals surface area (Å²) in [7, 11) is 0. The van der Waals surface area contributed by atoms with Crippen molar-refractivity contribution in [3.8, 4) is 17.2 Å². The molecule has 3 aromatic rings. The van der Waals surface area contributed by atoms with Gasteiger partial charge in [0.15, 0.2) is 18.1 Å². The van der Waals surface area contributed by atoms with E-state index in [1.54, 1.807) is 12.1 Å². The zero-order valence-corrected chi connectivity index (χ0v) is 23.1. The second kappa shape index (κ2) is 13.7. The standard InChI is InChI=1S/C28H29ClN2O4S2/c1-3-33-25-15-21(14-24(29)27(25)35-17-20-6-4-19(2)5-7-20)16-30-31-26(32)18-34-23-10-8-22(9-11-23)28-36-12-13-37-28/h4-11,14-16,28H,3,12-13,17-18H2,1-2H3,(H,31,32)/b30-16-. The summed E-state index contributed by atoms with van der Waals surface area (Å²) in [5, 5.41) is 4.42. The lowest BCUT2D eigenvalue weighted by molar-refractivity contribution is -0.123. The first kappa shape index (κ1) is 27.2. The van der Waals surface area contributed by atoms with Gasteiger partial charge in [0.1, 0.15) is 12.4 Å². The number of amides is 1. The van der Waals surface area contributed by atoms with E-state index in [-0.39, 0.29) is 12.5 Å². The van der Waals surface area contributed by atoms with Crippen molar-refractivity contribution >= 4 is 47.2 Å². The highest BCUT2D eigenvalue weighted by atomic mass is 35.5. The number of halogens is 1. The molecule has 1 amide bonds. The molecule has 0 atom stereocenters. The molecule has 1 saturated heterocycles. The molecule has 1 N–H and O–H groups in total. The van der Waals surface area contributed by atoms with Gasteiger partial charge in [-0.15, -0.1) is 23.5 Å². The van der Waals surface area contributed by atoms with Crippen LogP contribution in [0.2, 0.25) is 5.02 Å². The van der Waals surface area contributed by atoms with Crippen LogP contribution in [0.5, 0.6) is 17.2 Å². The van der Waals surface area contributed by atoms with Crippen molar-refractivity contribution in [3.05, 3.63) is 87.9 Å². The maximum atomic E-state index is 12.2. The van der Waals surface area contributed by atoms with E-state index in [0.717, 1.165) is 5.56 Å². The van der Waals surface area contributed by atoms with Crippen molar-refractivity contribution < 1.29 is 19.0 Å². The van der Waals surface area contributed by atoms with E-state index in [2.05, 4.69) is 22.7 Å². The lowest BCUT2D eigenvalue weighted by Gasteiger charge is -2.14. The molecule has 37 heavy (non-hydrogen) atoms. The third-order valence-electron chi connectivity index (χ3n) is 5.38. The van der Waals surface area contributed by atoms with Gasteiger partial charge in [-0.1, -0.05) is 53.6 Å². The van der Waals surface area contributed by atoms with Gasteiger partial charge in [0.05, 0.1) is 22.4 Å². The van der Waals surface area contributed by atoms with Crippen molar-refractivity contribution in [3.63, 3.8) is 0 Å². The molecule has 0 radical (unpaired) electrons. The molecule has 0 unspecified atom stereocenters. The van der Waals surface area contributed by atoms with Crippen molar-refractivity contribution in [1.82, 2.24) is 5.43 Å². The summed E-state index contributed by atoms with van der Waals surface area (Å²) in [6.07, 6.45) is 1.50. The van der Waals surface area contributed by atoms with Crippen LogP contribution in [-0.4, -0.2) is 36.8 Å². The fourth-order valence-corrected chi connectivity index (χ4v) is 6.67. The van der Waals surface area contributed by atoms with Gasteiger partial charge in [-0.3, -0.25) is 4.79 Å². The van der Waals surface area contributed by atoms with Crippen LogP contribution in [0.3, 0.4) is 0 Å². The smallest absolute Gasteiger partial charge is 0.277 e. The zero-order chi connectivity index (χ0) is 26.0. The molecule has 1 fully saturated rings. The molecule has 6 nitrogen and oxygen atoms in total. The maximum Gasteiger partial charge on any atom is 0.277 e. The molecule has 0 spiro atoms. The fraction of sp³-hybridized carbons (Fsp3) is 0.286. The number of nitrogens with zero attached hydrogens (tertiary/aromatic N) is 1. The van der Waals surface area contributed by atoms with E-state index in [9.17, 15) is 4.79 Å². The Kier molecular flexibility index (Phi) is 10.0. The third-order valence-corrected chi connectivity index (χ3v) is 8.77. The summed E-state index contributed by atoms with van der Waals surface area (Å²) in [5.74, 6) is 3.62. The number of hydrogen-bond acceptors (Lipinski definition) is 7. The summed E-state index contributed by atoms with van der Waals surface area (Å²) >= 11 is 10.4. The fourth-order valence-electron chi connectivity index (χ4n) is 3.54. The molecule has 0 aromatic heterocycles. The Hall–Kier alpha value is -2.81. The number of carbonyl (C=O) groups is 1. The van der Waals surface area contributed by atoms with Crippen LogP contribution >= 0.6 is 35.1 Å². The van der Waals surface area contributed by atoms with Crippen LogP contribution in [0.25, 0.3) is 0 Å². The first-order valence-electron chi connectivity index (χ1n) is 11.9. The Bertz CT molecular complexity index is 1210. The minimum Gasteiger partial charge on any atom is -0.490 e. The van der Waals surface area contributed by atoms with Crippen LogP contribution < -0.4 is 19.6 Å². The maximum absolute atomic E-state index is 12.2. The number of hydrogen-bond donors (Lipinski definition) is 1. The van der Waals surface area contributed by atoms with Gasteiger partial charge in [0.25, 0.3) is 5.91 Å². The van der Waals surface area contributed by atoms with Gasteiger partial charge in [-0.05, 0) is 54.8 Å². The van der Waals surface area contributed by atoms with Crippen molar-refractivity contribution in [1.29, 1.82) is 0 Å². The van der Waals surface area contributed by atoms with E-state index in [0.29, 0.717) is 45.6 Å². The quantitative estimate of drug-likeness (QED) is 0.211. The SMILES string of the molecule is CCOc1cc(/C=N\NC(=O)COc2ccc(C3SCCS3)cc2)cc(Cl)c1OCc1ccc(C)cc1. The second-order valence-electron chi connectivity index (χ2n) is 8.26. The molecule has 1 aliphatic heterocycles. The van der Waals surface area contributed by atoms with Crippen LogP contribution in [0.1, 0.15) is 33.8 Å². The largest absolute Gasteiger partial charge is 0.490 e. The van der Waals surface area contributed by atoms with Crippen LogP contribution in [0.15, 0.2) is 65.8 Å². The number of thioether (sulfide) groups is 2. The third kappa shape index (κ3) is 8.09. The van der Waals surface area contributed by atoms with Crippen molar-refractivity contribution in [2.75, 3.05) is 24.7 Å². The summed E-state index contributed by atoms with van der Waals surface area (Å²) in [6.45, 7) is 4.60. The van der Waals surface area contributed by atoms with E-state index in [1.807, 2.05) is 73.8 Å². The van der Waals surface area contributed by atoms with Crippen molar-refractivity contribution in [2.24, 2.45) is 5.10 Å². The van der Waals surface area contributed by atoms with Gasteiger partial charge >= 0.3 is 0 Å². The minimum atomic E-state index is -0.364. The van der Waals surface area contributed by atoms with E-state index < -0.39 is 0 Å². The number of rotatable bonds is 11. The Balaban J connectivity index is 1.30. The highest BCUT2D eigenvalue weighted by molar-refractivity contribution is 8.19. The predicted octanol–water partition coefficient (Wildman–Crippen LogP) is 6.63. The Labute approximate surface area is 231 Å². The van der Waals surface area contributed by atoms with E-state index >= 15 is 0 Å². The molecule has 194 valence electrons. The van der Waals surface area contributed by atoms with E-state index in [4.69, 9.17) is 25.8 Å². The number of hydrazone groups is 1. The molecule has 1 heterocycles. The van der Waals surface area contributed by atoms with Gasteiger partial charge in [0.2, 0.25) is 0 Å². The van der Waals surface area contributed by atoms with Crippen LogP contribution in [0.4, 0.5) is 0 Å². The average molecular weight is 557 g/mol. The Morgan fingerprint density at radius 2 is 1.78 bits per heavy atom. The first-order valence-corrected chi connectivity index (χ1v) is 14.4. The van der Waals surface area contributed by atoms with Crippen molar-refractivity contribution in [2.45, 2.75) is 25.0 Å². The second-order valence-corrected chi connectivity index (χ2v) is 11.4. The van der Waals surface area contributed by atoms with E-state index in [1.165, 1.54) is 28.8 Å². The summed E-state index contributed by atoms with van der Waals surface area (Å²) in [5.41, 5.74) is 6.63. The summed E-state index contributed by atoms with van der Waals surface area (Å²) in [4.78, 5) is 12.2. The lowest BCUT2D eigenvalue weighted by atomic mass is 10.1. The summed E-state index contributed by atoms with van der Waals surface area (Å²) in [6, 6.07) is 19.5. The van der Waals surface area contributed by atoms with Crippen LogP contribution in [-0.2, 0) is 11.4 Å². The number of benzene rings is 3. The number of ether oxygens (including phenoxy) is 3. The minimum absolute atomic E-state index is 0.139. The molecule has 0 saturated carbocycles. The van der Waals surface area contributed by atoms with Gasteiger partial charge in [-0.2, -0.15) is 5.10 Å². The molecule has 0 bridgehead atoms.